The first-order valence-electron chi connectivity index (χ1n) is 9.80. The Balaban J connectivity index is 1.38. The highest BCUT2D eigenvalue weighted by molar-refractivity contribution is 8.03. The smallest absolute Gasteiger partial charge is 0.257 e. The molecule has 153 valence electrons. The van der Waals surface area contributed by atoms with Crippen LogP contribution in [0.15, 0.2) is 94.6 Å². The third-order valence-electron chi connectivity index (χ3n) is 5.01. The standard InChI is InChI=1S/C21H17BN6S3/c1-4-19(29-13-1)16-7-10-26(23-16)22(27-11-8-17(24-27)20-5-2-14-30-20)28-12-9-18(25-28)21-6-3-15-31-21/h1-14,25H,15H2/q-1/b21-18-. The van der Waals surface area contributed by atoms with Crippen molar-refractivity contribution in [2.24, 2.45) is 0 Å². The van der Waals surface area contributed by atoms with Crippen LogP contribution in [-0.2, 0) is 0 Å². The highest BCUT2D eigenvalue weighted by Gasteiger charge is 2.20. The van der Waals surface area contributed by atoms with E-state index in [9.17, 15) is 0 Å². The van der Waals surface area contributed by atoms with E-state index in [2.05, 4.69) is 64.9 Å². The topological polar surface area (TPSA) is 50.9 Å². The van der Waals surface area contributed by atoms with Crippen molar-refractivity contribution in [3.05, 3.63) is 94.6 Å². The summed E-state index contributed by atoms with van der Waals surface area (Å²) in [6, 6.07) is 12.4. The zero-order valence-corrected chi connectivity index (χ0v) is 18.8. The van der Waals surface area contributed by atoms with E-state index in [1.807, 2.05) is 50.4 Å². The number of thioether (sulfide) groups is 1. The van der Waals surface area contributed by atoms with Crippen LogP contribution in [0.4, 0.5) is 0 Å². The van der Waals surface area contributed by atoms with Gasteiger partial charge in [-0.1, -0.05) is 18.2 Å². The lowest BCUT2D eigenvalue weighted by Gasteiger charge is -2.39. The monoisotopic (exact) mass is 460 g/mol. The molecule has 0 fully saturated rings. The van der Waals surface area contributed by atoms with Crippen LogP contribution in [-0.4, -0.2) is 37.2 Å². The van der Waals surface area contributed by atoms with E-state index in [1.165, 1.54) is 4.91 Å². The summed E-state index contributed by atoms with van der Waals surface area (Å²) in [6.07, 6.45) is 12.5. The van der Waals surface area contributed by atoms with Crippen molar-refractivity contribution in [1.29, 1.82) is 0 Å². The molecule has 1 radical (unpaired) electrons. The lowest BCUT2D eigenvalue weighted by atomic mass is 9.94. The summed E-state index contributed by atoms with van der Waals surface area (Å²) < 4.78 is 3.89. The normalized spacial score (nSPS) is 17.9. The van der Waals surface area contributed by atoms with Gasteiger partial charge in [0.1, 0.15) is 0 Å². The van der Waals surface area contributed by atoms with Gasteiger partial charge < -0.3 is 19.5 Å². The van der Waals surface area contributed by atoms with Gasteiger partial charge >= 0.3 is 0 Å². The van der Waals surface area contributed by atoms with Crippen molar-refractivity contribution >= 4 is 41.6 Å². The van der Waals surface area contributed by atoms with Crippen LogP contribution in [0.25, 0.3) is 21.1 Å². The number of aromatic nitrogens is 4. The van der Waals surface area contributed by atoms with Crippen LogP contribution in [0.3, 0.4) is 0 Å². The van der Waals surface area contributed by atoms with Crippen molar-refractivity contribution in [2.45, 2.75) is 0 Å². The largest absolute Gasteiger partial charge is 0.447 e. The second-order valence-corrected chi connectivity index (χ2v) is 9.95. The van der Waals surface area contributed by atoms with Crippen molar-refractivity contribution < 1.29 is 0 Å². The first kappa shape index (κ1) is 18.8. The quantitative estimate of drug-likeness (QED) is 0.435. The summed E-state index contributed by atoms with van der Waals surface area (Å²) in [5.41, 5.74) is 6.55. The molecule has 2 aliphatic heterocycles. The Morgan fingerprint density at radius 1 is 0.871 bits per heavy atom. The lowest BCUT2D eigenvalue weighted by Crippen LogP contribution is -2.52. The number of thiophene rings is 2. The summed E-state index contributed by atoms with van der Waals surface area (Å²) in [5.74, 6) is 1.02. The van der Waals surface area contributed by atoms with Gasteiger partial charge in [0.15, 0.2) is 0 Å². The molecule has 10 heteroatoms. The third kappa shape index (κ3) is 3.56. The van der Waals surface area contributed by atoms with E-state index in [0.29, 0.717) is 0 Å². The predicted octanol–water partition coefficient (Wildman–Crippen LogP) is 4.77. The second-order valence-electron chi connectivity index (χ2n) is 6.99. The lowest BCUT2D eigenvalue weighted by molar-refractivity contribution is 0.473. The molecule has 31 heavy (non-hydrogen) atoms. The molecule has 6 heterocycles. The molecule has 0 bridgehead atoms. The molecule has 0 amide bonds. The van der Waals surface area contributed by atoms with E-state index < -0.39 is 0 Å². The molecule has 2 aliphatic rings. The Labute approximate surface area is 192 Å². The fourth-order valence-corrected chi connectivity index (χ4v) is 5.78. The van der Waals surface area contributed by atoms with Gasteiger partial charge in [-0.25, -0.2) is 10.2 Å². The van der Waals surface area contributed by atoms with E-state index in [4.69, 9.17) is 10.2 Å². The molecule has 0 saturated heterocycles. The maximum absolute atomic E-state index is 4.89. The van der Waals surface area contributed by atoms with Crippen molar-refractivity contribution in [3.63, 3.8) is 0 Å². The molecule has 0 aliphatic carbocycles. The molecular formula is C21H17BN6S3-. The van der Waals surface area contributed by atoms with Crippen molar-refractivity contribution in [1.82, 2.24) is 29.7 Å². The molecule has 0 atom stereocenters. The molecule has 4 aromatic rings. The molecule has 0 saturated carbocycles. The molecule has 0 spiro atoms. The second kappa shape index (κ2) is 7.95. The zero-order valence-electron chi connectivity index (χ0n) is 16.3. The van der Waals surface area contributed by atoms with E-state index in [1.54, 1.807) is 22.7 Å². The van der Waals surface area contributed by atoms with Gasteiger partial charge in [0.2, 0.25) is 0 Å². The number of hydrogen-bond acceptors (Lipinski definition) is 7. The summed E-state index contributed by atoms with van der Waals surface area (Å²) in [6.45, 7) is 0. The number of rotatable bonds is 5. The zero-order chi connectivity index (χ0) is 20.6. The first-order chi connectivity index (χ1) is 15.3. The highest BCUT2D eigenvalue weighted by atomic mass is 32.2. The molecule has 0 unspecified atom stereocenters. The first-order valence-corrected chi connectivity index (χ1v) is 12.5. The SMILES string of the molecule is C1=C/C(=C2\C=CN([B-](n3ccc(-c4cccs4)n3)n3ccc(-c4cccs4)n3)N2)SC1. The average Bonchev–Trinajstić information content (AvgIpc) is 3.61. The van der Waals surface area contributed by atoms with Crippen LogP contribution in [0.5, 0.6) is 0 Å². The minimum absolute atomic E-state index is 0.285. The van der Waals surface area contributed by atoms with Gasteiger partial charge in [-0.3, -0.25) is 0 Å². The molecular weight excluding hydrogens is 443 g/mol. The Morgan fingerprint density at radius 2 is 1.55 bits per heavy atom. The predicted molar refractivity (Wildman–Crippen MR) is 130 cm³/mol. The van der Waals surface area contributed by atoms with E-state index in [-0.39, 0.29) is 7.12 Å². The van der Waals surface area contributed by atoms with Crippen molar-refractivity contribution in [3.8, 4) is 21.1 Å². The third-order valence-corrected chi connectivity index (χ3v) is 7.82. The van der Waals surface area contributed by atoms with Gasteiger partial charge in [-0.2, -0.15) is 0 Å². The number of nitrogens with one attached hydrogen (secondary N) is 1. The summed E-state index contributed by atoms with van der Waals surface area (Å²) >= 11 is 5.22. The van der Waals surface area contributed by atoms with Gasteiger partial charge in [-0.05, 0) is 65.8 Å². The Morgan fingerprint density at radius 3 is 2.10 bits per heavy atom. The van der Waals surface area contributed by atoms with Gasteiger partial charge in [-0.15, -0.1) is 34.4 Å². The number of nitrogens with zero attached hydrogens (tertiary/aromatic N) is 5. The van der Waals surface area contributed by atoms with Crippen LogP contribution < -0.4 is 5.43 Å². The molecule has 6 nitrogen and oxygen atoms in total. The Hall–Kier alpha value is -2.95. The Kier molecular flexibility index (Phi) is 4.82. The summed E-state index contributed by atoms with van der Waals surface area (Å²) in [5, 5.41) is 13.9. The minimum atomic E-state index is -0.285. The number of hydrazine groups is 1. The molecule has 1 N–H and O–H groups in total. The van der Waals surface area contributed by atoms with Crippen LogP contribution in [0.1, 0.15) is 0 Å². The minimum Gasteiger partial charge on any atom is -0.447 e. The van der Waals surface area contributed by atoms with Crippen LogP contribution >= 0.6 is 34.4 Å². The van der Waals surface area contributed by atoms with Crippen LogP contribution in [0, 0.1) is 0 Å². The number of hydrogen-bond donors (Lipinski definition) is 1. The van der Waals surface area contributed by atoms with Crippen molar-refractivity contribution in [2.75, 3.05) is 5.75 Å². The Bertz CT molecular complexity index is 1210. The highest BCUT2D eigenvalue weighted by Crippen LogP contribution is 2.29. The molecule has 0 aromatic carbocycles. The van der Waals surface area contributed by atoms with Crippen LogP contribution in [0.2, 0.25) is 0 Å². The maximum atomic E-state index is 4.89. The van der Waals surface area contributed by atoms with Gasteiger partial charge in [0.25, 0.3) is 7.12 Å². The molecule has 6 rings (SSSR count). The maximum Gasteiger partial charge on any atom is 0.257 e. The fraction of sp³-hybridized carbons (Fsp3) is 0.0476. The molecule has 4 aromatic heterocycles. The fourth-order valence-electron chi connectivity index (χ4n) is 3.57. The summed E-state index contributed by atoms with van der Waals surface area (Å²) in [4.78, 5) is 5.60. The average molecular weight is 460 g/mol. The summed E-state index contributed by atoms with van der Waals surface area (Å²) in [7, 11) is -0.285. The van der Waals surface area contributed by atoms with E-state index in [0.717, 1.165) is 32.6 Å². The van der Waals surface area contributed by atoms with Gasteiger partial charge in [0, 0.05) is 10.7 Å². The van der Waals surface area contributed by atoms with Gasteiger partial charge in [0.05, 0.1) is 26.8 Å². The number of allylic oxidation sites excluding steroid dienone is 2. The van der Waals surface area contributed by atoms with E-state index >= 15 is 0 Å².